The summed E-state index contributed by atoms with van der Waals surface area (Å²) in [5.41, 5.74) is -2.26. The third-order valence-corrected chi connectivity index (χ3v) is 2.86. The van der Waals surface area contributed by atoms with Crippen LogP contribution in [0.15, 0.2) is 12.7 Å². The van der Waals surface area contributed by atoms with Gasteiger partial charge in [0.15, 0.2) is 5.41 Å². The van der Waals surface area contributed by atoms with Crippen LogP contribution in [0, 0.1) is 5.41 Å². The van der Waals surface area contributed by atoms with Crippen LogP contribution in [0.1, 0.15) is 6.42 Å². The van der Waals surface area contributed by atoms with Gasteiger partial charge in [0.2, 0.25) is 5.91 Å². The molecule has 0 saturated carbocycles. The summed E-state index contributed by atoms with van der Waals surface area (Å²) in [6.07, 6.45) is -3.30. The Balaban J connectivity index is 2.94. The minimum atomic E-state index is -4.51. The van der Waals surface area contributed by atoms with E-state index in [1.54, 1.807) is 0 Å². The maximum absolute atomic E-state index is 13.0. The van der Waals surface area contributed by atoms with Crippen LogP contribution in [-0.2, 0) is 4.79 Å². The van der Waals surface area contributed by atoms with Crippen LogP contribution in [0.3, 0.4) is 0 Å². The van der Waals surface area contributed by atoms with Gasteiger partial charge < -0.3 is 10.2 Å². The first-order valence-electron chi connectivity index (χ1n) is 4.99. The topological polar surface area (TPSA) is 32.3 Å². The number of likely N-dealkylation sites (N-methyl/N-ethyl adjacent to an activating group) is 1. The van der Waals surface area contributed by atoms with Gasteiger partial charge in [0.1, 0.15) is 0 Å². The van der Waals surface area contributed by atoms with Crippen molar-refractivity contribution in [3.05, 3.63) is 12.7 Å². The zero-order valence-electron chi connectivity index (χ0n) is 9.10. The van der Waals surface area contributed by atoms with Gasteiger partial charge in [-0.2, -0.15) is 13.2 Å². The molecular formula is C10H15F3N2O. The van der Waals surface area contributed by atoms with Gasteiger partial charge in [-0.3, -0.25) is 4.79 Å². The highest BCUT2D eigenvalue weighted by atomic mass is 19.4. The second kappa shape index (κ2) is 4.45. The Morgan fingerprint density at radius 1 is 1.62 bits per heavy atom. The summed E-state index contributed by atoms with van der Waals surface area (Å²) in [5, 5.41) is 2.60. The molecule has 0 aromatic carbocycles. The lowest BCUT2D eigenvalue weighted by atomic mass is 9.84. The van der Waals surface area contributed by atoms with E-state index in [1.807, 2.05) is 0 Å². The fraction of sp³-hybridized carbons (Fsp3) is 0.700. The molecule has 1 aliphatic heterocycles. The molecule has 0 aromatic rings. The highest BCUT2D eigenvalue weighted by molar-refractivity contribution is 5.84. The van der Waals surface area contributed by atoms with Crippen LogP contribution >= 0.6 is 0 Å². The van der Waals surface area contributed by atoms with E-state index in [0.29, 0.717) is 0 Å². The predicted octanol–water partition coefficient (Wildman–Crippen LogP) is 1.17. The Kier molecular flexibility index (Phi) is 3.62. The van der Waals surface area contributed by atoms with Gasteiger partial charge in [0.05, 0.1) is 0 Å². The highest BCUT2D eigenvalue weighted by Gasteiger charge is 2.62. The summed E-state index contributed by atoms with van der Waals surface area (Å²) in [6, 6.07) is 0. The molecule has 3 nitrogen and oxygen atoms in total. The lowest BCUT2D eigenvalue weighted by Gasteiger charge is -2.33. The number of amides is 1. The van der Waals surface area contributed by atoms with Crippen molar-refractivity contribution in [1.29, 1.82) is 0 Å². The van der Waals surface area contributed by atoms with E-state index >= 15 is 0 Å². The molecule has 1 rings (SSSR count). The average molecular weight is 236 g/mol. The zero-order chi connectivity index (χ0) is 12.4. The second-order valence-electron chi connectivity index (χ2n) is 3.98. The number of carbonyl (C=O) groups excluding carboxylic acids is 1. The first-order chi connectivity index (χ1) is 7.35. The molecule has 0 radical (unpaired) electrons. The molecule has 0 aromatic heterocycles. The first kappa shape index (κ1) is 13.0. The van der Waals surface area contributed by atoms with Crippen molar-refractivity contribution in [2.75, 3.05) is 26.7 Å². The molecule has 1 saturated heterocycles. The van der Waals surface area contributed by atoms with E-state index in [2.05, 4.69) is 11.9 Å². The molecule has 1 amide bonds. The smallest absolute Gasteiger partial charge is 0.341 e. The number of rotatable bonds is 3. The molecule has 1 atom stereocenters. The largest absolute Gasteiger partial charge is 0.404 e. The lowest BCUT2D eigenvalue weighted by molar-refractivity contribution is -0.220. The van der Waals surface area contributed by atoms with Crippen molar-refractivity contribution in [1.82, 2.24) is 10.2 Å². The third kappa shape index (κ3) is 2.07. The molecule has 1 aliphatic rings. The lowest BCUT2D eigenvalue weighted by Crippen LogP contribution is -2.52. The standard InChI is InChI=1S/C10H15F3N2O/c1-3-6-15(2)8(16)9(10(11,12)13)4-5-14-7-9/h3,14H,1,4-7H2,2H3. The number of nitrogens with zero attached hydrogens (tertiary/aromatic N) is 1. The minimum Gasteiger partial charge on any atom is -0.341 e. The Hall–Kier alpha value is -1.04. The molecule has 0 bridgehead atoms. The quantitative estimate of drug-likeness (QED) is 0.746. The maximum atomic E-state index is 13.0. The molecule has 0 spiro atoms. The summed E-state index contributed by atoms with van der Waals surface area (Å²) in [7, 11) is 1.36. The Morgan fingerprint density at radius 3 is 2.62 bits per heavy atom. The molecule has 6 heteroatoms. The van der Waals surface area contributed by atoms with Crippen molar-refractivity contribution in [3.63, 3.8) is 0 Å². The van der Waals surface area contributed by atoms with E-state index in [0.717, 1.165) is 4.90 Å². The molecule has 16 heavy (non-hydrogen) atoms. The van der Waals surface area contributed by atoms with Crippen molar-refractivity contribution in [2.45, 2.75) is 12.6 Å². The van der Waals surface area contributed by atoms with Crippen LogP contribution in [-0.4, -0.2) is 43.7 Å². The van der Waals surface area contributed by atoms with Crippen LogP contribution in [0.2, 0.25) is 0 Å². The van der Waals surface area contributed by atoms with Crippen LogP contribution in [0.4, 0.5) is 13.2 Å². The Bertz CT molecular complexity index is 282. The zero-order valence-corrected chi connectivity index (χ0v) is 9.10. The number of alkyl halides is 3. The number of hydrogen-bond donors (Lipinski definition) is 1. The van der Waals surface area contributed by atoms with Crippen LogP contribution in [0.5, 0.6) is 0 Å². The van der Waals surface area contributed by atoms with Gasteiger partial charge in [-0.1, -0.05) is 6.08 Å². The maximum Gasteiger partial charge on any atom is 0.404 e. The van der Waals surface area contributed by atoms with Crippen molar-refractivity contribution in [2.24, 2.45) is 5.41 Å². The normalized spacial score (nSPS) is 25.5. The Morgan fingerprint density at radius 2 is 2.25 bits per heavy atom. The average Bonchev–Trinajstić information content (AvgIpc) is 2.65. The molecule has 1 N–H and O–H groups in total. The monoisotopic (exact) mass is 236 g/mol. The van der Waals surface area contributed by atoms with Gasteiger partial charge >= 0.3 is 6.18 Å². The Labute approximate surface area is 92.3 Å². The summed E-state index contributed by atoms with van der Waals surface area (Å²) in [4.78, 5) is 12.9. The van der Waals surface area contributed by atoms with Gasteiger partial charge in [0, 0.05) is 20.1 Å². The summed E-state index contributed by atoms with van der Waals surface area (Å²) < 4.78 is 38.9. The van der Waals surface area contributed by atoms with Gasteiger partial charge in [-0.05, 0) is 13.0 Å². The van der Waals surface area contributed by atoms with Crippen LogP contribution in [0.25, 0.3) is 0 Å². The molecule has 92 valence electrons. The van der Waals surface area contributed by atoms with Crippen molar-refractivity contribution < 1.29 is 18.0 Å². The van der Waals surface area contributed by atoms with Crippen molar-refractivity contribution in [3.8, 4) is 0 Å². The van der Waals surface area contributed by atoms with E-state index in [1.165, 1.54) is 13.1 Å². The second-order valence-corrected chi connectivity index (χ2v) is 3.98. The fourth-order valence-electron chi connectivity index (χ4n) is 1.88. The van der Waals surface area contributed by atoms with E-state index < -0.39 is 17.5 Å². The van der Waals surface area contributed by atoms with E-state index in [4.69, 9.17) is 0 Å². The highest BCUT2D eigenvalue weighted by Crippen LogP contribution is 2.44. The minimum absolute atomic E-state index is 0.122. The summed E-state index contributed by atoms with van der Waals surface area (Å²) in [6.45, 7) is 3.40. The SMILES string of the molecule is C=CCN(C)C(=O)C1(C(F)(F)F)CCNC1. The number of nitrogens with one attached hydrogen (secondary N) is 1. The van der Waals surface area contributed by atoms with Gasteiger partial charge in [0.25, 0.3) is 0 Å². The molecule has 1 unspecified atom stereocenters. The number of hydrogen-bond acceptors (Lipinski definition) is 2. The van der Waals surface area contributed by atoms with Gasteiger partial charge in [-0.25, -0.2) is 0 Å². The fourth-order valence-corrected chi connectivity index (χ4v) is 1.88. The van der Waals surface area contributed by atoms with E-state index in [-0.39, 0.29) is 26.1 Å². The third-order valence-electron chi connectivity index (χ3n) is 2.86. The summed E-state index contributed by atoms with van der Waals surface area (Å²) in [5.74, 6) is -0.884. The number of halogens is 3. The van der Waals surface area contributed by atoms with Crippen molar-refractivity contribution >= 4 is 5.91 Å². The molecule has 1 heterocycles. The first-order valence-corrected chi connectivity index (χ1v) is 4.99. The summed E-state index contributed by atoms with van der Waals surface area (Å²) >= 11 is 0. The molecular weight excluding hydrogens is 221 g/mol. The van der Waals surface area contributed by atoms with E-state index in [9.17, 15) is 18.0 Å². The van der Waals surface area contributed by atoms with Crippen LogP contribution < -0.4 is 5.32 Å². The number of carbonyl (C=O) groups is 1. The molecule has 0 aliphatic carbocycles. The predicted molar refractivity (Wildman–Crippen MR) is 53.8 cm³/mol. The van der Waals surface area contributed by atoms with Gasteiger partial charge in [-0.15, -0.1) is 6.58 Å². The molecule has 1 fully saturated rings.